The molecular formula is C14H14BrN3O3. The summed E-state index contributed by atoms with van der Waals surface area (Å²) in [5.41, 5.74) is 4.97. The number of aromatic nitrogens is 1. The zero-order chi connectivity index (χ0) is 15.2. The normalized spacial score (nSPS) is 11.5. The number of rotatable bonds is 4. The van der Waals surface area contributed by atoms with Gasteiger partial charge in [0.1, 0.15) is 11.4 Å². The van der Waals surface area contributed by atoms with Gasteiger partial charge < -0.3 is 9.72 Å². The summed E-state index contributed by atoms with van der Waals surface area (Å²) < 4.78 is 6.38. The molecule has 0 aliphatic rings. The van der Waals surface area contributed by atoms with Gasteiger partial charge in [-0.05, 0) is 43.3 Å². The average Bonchev–Trinajstić information content (AvgIpc) is 3.01. The Hall–Kier alpha value is -2.28. The summed E-state index contributed by atoms with van der Waals surface area (Å²) in [6.07, 6.45) is 0.880. The van der Waals surface area contributed by atoms with Crippen molar-refractivity contribution < 1.29 is 14.3 Å². The number of hydrogen-bond donors (Lipinski definition) is 3. The lowest BCUT2D eigenvalue weighted by Crippen LogP contribution is -2.47. The van der Waals surface area contributed by atoms with Gasteiger partial charge >= 0.3 is 0 Å². The van der Waals surface area contributed by atoms with E-state index in [2.05, 4.69) is 31.8 Å². The molecule has 110 valence electrons. The summed E-state index contributed by atoms with van der Waals surface area (Å²) in [5.74, 6) is -0.307. The number of halogens is 1. The van der Waals surface area contributed by atoms with Crippen LogP contribution in [0.3, 0.4) is 0 Å². The molecule has 0 fully saturated rings. The fraction of sp³-hybridized carbons (Fsp3) is 0.143. The highest BCUT2D eigenvalue weighted by Crippen LogP contribution is 2.17. The predicted octanol–water partition coefficient (Wildman–Crippen LogP) is 2.01. The lowest BCUT2D eigenvalue weighted by molar-refractivity contribution is -0.128. The molecule has 0 saturated heterocycles. The molecule has 7 heteroatoms. The molecule has 1 aromatic carbocycles. The minimum absolute atomic E-state index is 0.358. The van der Waals surface area contributed by atoms with Crippen LogP contribution in [0.2, 0.25) is 0 Å². The van der Waals surface area contributed by atoms with E-state index in [0.717, 1.165) is 4.47 Å². The van der Waals surface area contributed by atoms with Crippen molar-refractivity contribution in [3.8, 4) is 5.75 Å². The van der Waals surface area contributed by atoms with E-state index in [-0.39, 0.29) is 0 Å². The smallest absolute Gasteiger partial charge is 0.286 e. The molecule has 0 spiro atoms. The highest BCUT2D eigenvalue weighted by atomic mass is 79.9. The maximum absolute atomic E-state index is 11.8. The highest BCUT2D eigenvalue weighted by molar-refractivity contribution is 9.10. The monoisotopic (exact) mass is 351 g/mol. The molecule has 0 aliphatic carbocycles. The predicted molar refractivity (Wildman–Crippen MR) is 80.6 cm³/mol. The number of carbonyl (C=O) groups excluding carboxylic acids is 2. The molecule has 1 aromatic heterocycles. The maximum Gasteiger partial charge on any atom is 0.286 e. The Kier molecular flexibility index (Phi) is 4.99. The summed E-state index contributed by atoms with van der Waals surface area (Å²) >= 11 is 3.31. The van der Waals surface area contributed by atoms with Gasteiger partial charge in [0.15, 0.2) is 6.10 Å². The van der Waals surface area contributed by atoms with E-state index in [1.165, 1.54) is 0 Å². The van der Waals surface area contributed by atoms with Crippen LogP contribution in [-0.2, 0) is 4.79 Å². The Morgan fingerprint density at radius 2 is 1.90 bits per heavy atom. The average molecular weight is 352 g/mol. The van der Waals surface area contributed by atoms with Crippen LogP contribution in [0.5, 0.6) is 5.75 Å². The van der Waals surface area contributed by atoms with Crippen molar-refractivity contribution >= 4 is 27.7 Å². The van der Waals surface area contributed by atoms with Gasteiger partial charge in [-0.2, -0.15) is 0 Å². The second-order valence-corrected chi connectivity index (χ2v) is 5.16. The van der Waals surface area contributed by atoms with Crippen molar-refractivity contribution in [2.75, 3.05) is 0 Å². The first-order valence-electron chi connectivity index (χ1n) is 6.22. The van der Waals surface area contributed by atoms with Gasteiger partial charge in [-0.25, -0.2) is 0 Å². The van der Waals surface area contributed by atoms with Crippen molar-refractivity contribution in [2.24, 2.45) is 0 Å². The van der Waals surface area contributed by atoms with E-state index in [4.69, 9.17) is 4.74 Å². The molecule has 0 aliphatic heterocycles. The third-order valence-electron chi connectivity index (χ3n) is 2.64. The molecule has 3 N–H and O–H groups in total. The van der Waals surface area contributed by atoms with Crippen molar-refractivity contribution in [3.05, 3.63) is 52.8 Å². The van der Waals surface area contributed by atoms with Gasteiger partial charge in [-0.3, -0.25) is 20.4 Å². The van der Waals surface area contributed by atoms with Crippen LogP contribution in [-0.4, -0.2) is 22.9 Å². The number of hydrogen-bond acceptors (Lipinski definition) is 3. The number of amides is 2. The first-order valence-corrected chi connectivity index (χ1v) is 7.01. The van der Waals surface area contributed by atoms with Gasteiger partial charge in [-0.1, -0.05) is 15.9 Å². The number of nitrogens with one attached hydrogen (secondary N) is 3. The maximum atomic E-state index is 11.8. The van der Waals surface area contributed by atoms with Gasteiger partial charge in [0.2, 0.25) is 0 Å². The molecule has 0 bridgehead atoms. The Morgan fingerprint density at radius 1 is 1.19 bits per heavy atom. The number of benzene rings is 1. The summed E-state index contributed by atoms with van der Waals surface area (Å²) in [7, 11) is 0. The number of carbonyl (C=O) groups is 2. The largest absolute Gasteiger partial charge is 0.481 e. The molecule has 2 rings (SSSR count). The first kappa shape index (κ1) is 15.1. The molecule has 0 saturated carbocycles. The molecule has 2 aromatic rings. The summed E-state index contributed by atoms with van der Waals surface area (Å²) in [4.78, 5) is 26.2. The topological polar surface area (TPSA) is 83.2 Å². The van der Waals surface area contributed by atoms with Crippen molar-refractivity contribution in [2.45, 2.75) is 13.0 Å². The lowest BCUT2D eigenvalue weighted by atomic mass is 10.3. The summed E-state index contributed by atoms with van der Waals surface area (Å²) in [5, 5.41) is 0. The van der Waals surface area contributed by atoms with E-state index in [1.54, 1.807) is 37.4 Å². The number of H-pyrrole nitrogens is 1. The molecule has 6 nitrogen and oxygen atoms in total. The van der Waals surface area contributed by atoms with Crippen LogP contribution < -0.4 is 15.6 Å². The highest BCUT2D eigenvalue weighted by Gasteiger charge is 2.16. The second-order valence-electron chi connectivity index (χ2n) is 4.24. The minimum atomic E-state index is -0.741. The van der Waals surface area contributed by atoms with Gasteiger partial charge in [0.25, 0.3) is 11.8 Å². The third kappa shape index (κ3) is 4.35. The van der Waals surface area contributed by atoms with Crippen LogP contribution in [0, 0.1) is 0 Å². The number of ether oxygens (including phenoxy) is 1. The Bertz CT molecular complexity index is 611. The molecule has 1 heterocycles. The molecule has 0 radical (unpaired) electrons. The van der Waals surface area contributed by atoms with Crippen LogP contribution in [0.1, 0.15) is 17.4 Å². The van der Waals surface area contributed by atoms with Crippen LogP contribution in [0.15, 0.2) is 47.1 Å². The Balaban J connectivity index is 1.82. The fourth-order valence-corrected chi connectivity index (χ4v) is 1.79. The number of aromatic amines is 1. The summed E-state index contributed by atoms with van der Waals surface area (Å²) in [6, 6.07) is 10.4. The molecule has 2 amide bonds. The molecule has 1 unspecified atom stereocenters. The van der Waals surface area contributed by atoms with Gasteiger partial charge in [0, 0.05) is 10.7 Å². The first-order chi connectivity index (χ1) is 10.1. The molecular weight excluding hydrogens is 338 g/mol. The van der Waals surface area contributed by atoms with E-state index in [1.807, 2.05) is 12.1 Å². The van der Waals surface area contributed by atoms with E-state index < -0.39 is 17.9 Å². The zero-order valence-corrected chi connectivity index (χ0v) is 12.8. The van der Waals surface area contributed by atoms with Crippen molar-refractivity contribution in [1.29, 1.82) is 0 Å². The summed E-state index contributed by atoms with van der Waals surface area (Å²) in [6.45, 7) is 1.60. The van der Waals surface area contributed by atoms with Crippen molar-refractivity contribution in [3.63, 3.8) is 0 Å². The van der Waals surface area contributed by atoms with Gasteiger partial charge in [-0.15, -0.1) is 0 Å². The molecule has 21 heavy (non-hydrogen) atoms. The third-order valence-corrected chi connectivity index (χ3v) is 3.17. The van der Waals surface area contributed by atoms with Crippen molar-refractivity contribution in [1.82, 2.24) is 15.8 Å². The zero-order valence-electron chi connectivity index (χ0n) is 11.2. The van der Waals surface area contributed by atoms with E-state index >= 15 is 0 Å². The van der Waals surface area contributed by atoms with Crippen LogP contribution in [0.25, 0.3) is 0 Å². The lowest BCUT2D eigenvalue weighted by Gasteiger charge is -2.15. The molecule has 1 atom stereocenters. The Labute approximate surface area is 130 Å². The Morgan fingerprint density at radius 3 is 2.52 bits per heavy atom. The van der Waals surface area contributed by atoms with Gasteiger partial charge in [0.05, 0.1) is 0 Å². The van der Waals surface area contributed by atoms with Crippen LogP contribution in [0.4, 0.5) is 0 Å². The van der Waals surface area contributed by atoms with E-state index in [9.17, 15) is 9.59 Å². The SMILES string of the molecule is CC(Oc1ccc(Br)cc1)C(=O)NNC(=O)c1ccc[nH]1. The fourth-order valence-electron chi connectivity index (χ4n) is 1.53. The second kappa shape index (κ2) is 6.94. The van der Waals surface area contributed by atoms with Crippen LogP contribution >= 0.6 is 15.9 Å². The quantitative estimate of drug-likeness (QED) is 0.736. The standard InChI is InChI=1S/C14H14BrN3O3/c1-9(21-11-6-4-10(15)5-7-11)13(19)17-18-14(20)12-3-2-8-16-12/h2-9,16H,1H3,(H,17,19)(H,18,20). The minimum Gasteiger partial charge on any atom is -0.481 e. The van der Waals surface area contributed by atoms with E-state index in [0.29, 0.717) is 11.4 Å². The number of hydrazine groups is 1.